The molecule has 0 unspecified atom stereocenters. The third-order valence-corrected chi connectivity index (χ3v) is 2.27. The van der Waals surface area contributed by atoms with Crippen LogP contribution in [-0.4, -0.2) is 23.8 Å². The molecule has 0 aromatic carbocycles. The van der Waals surface area contributed by atoms with Crippen LogP contribution in [-0.2, 0) is 0 Å². The molecule has 2 nitrogen and oxygen atoms in total. The lowest BCUT2D eigenvalue weighted by atomic mass is 9.79. The van der Waals surface area contributed by atoms with E-state index in [2.05, 4.69) is 32.0 Å². The summed E-state index contributed by atoms with van der Waals surface area (Å²) in [6.45, 7) is 3.01. The summed E-state index contributed by atoms with van der Waals surface area (Å²) in [5, 5.41) is 12.0. The zero-order valence-corrected chi connectivity index (χ0v) is 7.40. The van der Waals surface area contributed by atoms with Crippen molar-refractivity contribution in [3.05, 3.63) is 0 Å². The molecule has 1 heterocycles. The SMILES string of the molecule is C[C@@]1(CO)NC[C@H]1C#CBr. The highest BCUT2D eigenvalue weighted by Crippen LogP contribution is 2.24. The zero-order valence-electron chi connectivity index (χ0n) is 5.82. The van der Waals surface area contributed by atoms with E-state index >= 15 is 0 Å². The molecule has 0 saturated carbocycles. The summed E-state index contributed by atoms with van der Waals surface area (Å²) < 4.78 is 0. The molecular formula is C7H10BrNO. The van der Waals surface area contributed by atoms with E-state index in [-0.39, 0.29) is 18.1 Å². The van der Waals surface area contributed by atoms with Crippen LogP contribution < -0.4 is 5.32 Å². The Morgan fingerprint density at radius 3 is 2.90 bits per heavy atom. The van der Waals surface area contributed by atoms with Gasteiger partial charge < -0.3 is 10.4 Å². The number of nitrogens with one attached hydrogen (secondary N) is 1. The normalized spacial score (nSPS) is 37.7. The Kier molecular flexibility index (Phi) is 2.35. The number of rotatable bonds is 1. The van der Waals surface area contributed by atoms with Gasteiger partial charge in [-0.3, -0.25) is 0 Å². The van der Waals surface area contributed by atoms with Crippen molar-refractivity contribution < 1.29 is 5.11 Å². The molecule has 1 saturated heterocycles. The Balaban J connectivity index is 2.55. The molecule has 0 aromatic heterocycles. The molecule has 0 aromatic rings. The Morgan fingerprint density at radius 1 is 1.90 bits per heavy atom. The summed E-state index contributed by atoms with van der Waals surface area (Å²) >= 11 is 3.03. The summed E-state index contributed by atoms with van der Waals surface area (Å²) in [6.07, 6.45) is 0. The minimum Gasteiger partial charge on any atom is -0.394 e. The van der Waals surface area contributed by atoms with E-state index in [1.165, 1.54) is 0 Å². The molecule has 1 fully saturated rings. The second kappa shape index (κ2) is 2.91. The van der Waals surface area contributed by atoms with Crippen LogP contribution in [0.15, 0.2) is 0 Å². The van der Waals surface area contributed by atoms with Gasteiger partial charge >= 0.3 is 0 Å². The van der Waals surface area contributed by atoms with Crippen molar-refractivity contribution >= 4 is 15.9 Å². The van der Waals surface area contributed by atoms with Crippen LogP contribution in [0.2, 0.25) is 0 Å². The quantitative estimate of drug-likeness (QED) is 0.602. The van der Waals surface area contributed by atoms with E-state index in [9.17, 15) is 0 Å². The maximum Gasteiger partial charge on any atom is 0.0623 e. The number of aliphatic hydroxyl groups is 1. The summed E-state index contributed by atoms with van der Waals surface area (Å²) in [7, 11) is 0. The first-order chi connectivity index (χ1) is 4.73. The molecule has 0 bridgehead atoms. The molecular weight excluding hydrogens is 194 g/mol. The number of hydrogen-bond donors (Lipinski definition) is 2. The van der Waals surface area contributed by atoms with Gasteiger partial charge in [0.2, 0.25) is 0 Å². The van der Waals surface area contributed by atoms with Crippen LogP contribution in [0.1, 0.15) is 6.92 Å². The van der Waals surface area contributed by atoms with Crippen molar-refractivity contribution in [3.8, 4) is 10.8 Å². The lowest BCUT2D eigenvalue weighted by molar-refractivity contribution is 0.0795. The molecule has 56 valence electrons. The topological polar surface area (TPSA) is 32.3 Å². The van der Waals surface area contributed by atoms with Crippen molar-refractivity contribution in [1.29, 1.82) is 0 Å². The van der Waals surface area contributed by atoms with Crippen LogP contribution in [0.4, 0.5) is 0 Å². The van der Waals surface area contributed by atoms with Crippen LogP contribution in [0.25, 0.3) is 0 Å². The first kappa shape index (κ1) is 8.06. The average molecular weight is 204 g/mol. The third-order valence-electron chi connectivity index (χ3n) is 2.04. The van der Waals surface area contributed by atoms with Gasteiger partial charge in [-0.05, 0) is 11.8 Å². The molecule has 2 atom stereocenters. The lowest BCUT2D eigenvalue weighted by Gasteiger charge is -2.44. The fraction of sp³-hybridized carbons (Fsp3) is 0.714. The second-order valence-corrected chi connectivity index (χ2v) is 3.14. The van der Waals surface area contributed by atoms with Gasteiger partial charge in [-0.2, -0.15) is 0 Å². The standard InChI is InChI=1S/C7H10BrNO/c1-7(5-10)6(2-3-8)4-9-7/h6,9-10H,4-5H2,1H3/t6-,7+/m1/s1. The van der Waals surface area contributed by atoms with Gasteiger partial charge in [0.05, 0.1) is 18.1 Å². The van der Waals surface area contributed by atoms with Gasteiger partial charge in [0.25, 0.3) is 0 Å². The highest BCUT2D eigenvalue weighted by atomic mass is 79.9. The summed E-state index contributed by atoms with van der Waals surface area (Å²) in [5.74, 6) is 3.26. The first-order valence-corrected chi connectivity index (χ1v) is 3.99. The van der Waals surface area contributed by atoms with Crippen LogP contribution in [0, 0.1) is 16.7 Å². The molecule has 1 aliphatic heterocycles. The van der Waals surface area contributed by atoms with Crippen LogP contribution in [0.5, 0.6) is 0 Å². The van der Waals surface area contributed by atoms with Crippen molar-refractivity contribution in [2.45, 2.75) is 12.5 Å². The minimum absolute atomic E-state index is 0.152. The summed E-state index contributed by atoms with van der Waals surface area (Å²) in [4.78, 5) is 2.67. The van der Waals surface area contributed by atoms with Gasteiger partial charge in [-0.15, -0.1) is 0 Å². The largest absolute Gasteiger partial charge is 0.394 e. The summed E-state index contributed by atoms with van der Waals surface area (Å²) in [5.41, 5.74) is -0.166. The Bertz CT molecular complexity index is 180. The number of hydrogen-bond acceptors (Lipinski definition) is 2. The maximum atomic E-state index is 8.90. The molecule has 1 aliphatic rings. The lowest BCUT2D eigenvalue weighted by Crippen LogP contribution is -2.64. The van der Waals surface area contributed by atoms with Crippen molar-refractivity contribution in [2.75, 3.05) is 13.2 Å². The highest BCUT2D eigenvalue weighted by molar-refractivity contribution is 9.12. The maximum absolute atomic E-state index is 8.90. The van der Waals surface area contributed by atoms with Gasteiger partial charge in [-0.25, -0.2) is 0 Å². The Hall–Kier alpha value is -0.0400. The van der Waals surface area contributed by atoms with Crippen LogP contribution >= 0.6 is 15.9 Å². The fourth-order valence-corrected chi connectivity index (χ4v) is 1.27. The van der Waals surface area contributed by atoms with E-state index < -0.39 is 0 Å². The van der Waals surface area contributed by atoms with Gasteiger partial charge in [0.1, 0.15) is 0 Å². The molecule has 1 rings (SSSR count). The third kappa shape index (κ3) is 1.20. The highest BCUT2D eigenvalue weighted by Gasteiger charge is 2.40. The van der Waals surface area contributed by atoms with Crippen LogP contribution in [0.3, 0.4) is 0 Å². The van der Waals surface area contributed by atoms with Crippen molar-refractivity contribution in [2.24, 2.45) is 5.92 Å². The Morgan fingerprint density at radius 2 is 2.60 bits per heavy atom. The number of halogens is 1. The minimum atomic E-state index is -0.166. The molecule has 0 amide bonds. The van der Waals surface area contributed by atoms with E-state index in [0.29, 0.717) is 0 Å². The predicted octanol–water partition coefficient (Wildman–Crippen LogP) is 0.313. The van der Waals surface area contributed by atoms with E-state index in [0.717, 1.165) is 6.54 Å². The second-order valence-electron chi connectivity index (χ2n) is 2.75. The molecule has 3 heteroatoms. The van der Waals surface area contributed by atoms with Gasteiger partial charge in [0, 0.05) is 22.5 Å². The first-order valence-electron chi connectivity index (χ1n) is 3.20. The van der Waals surface area contributed by atoms with E-state index in [1.807, 2.05) is 6.92 Å². The van der Waals surface area contributed by atoms with Gasteiger partial charge in [-0.1, -0.05) is 5.92 Å². The van der Waals surface area contributed by atoms with Crippen molar-refractivity contribution in [3.63, 3.8) is 0 Å². The van der Waals surface area contributed by atoms with E-state index in [4.69, 9.17) is 5.11 Å². The molecule has 0 radical (unpaired) electrons. The Labute approximate surface area is 69.1 Å². The smallest absolute Gasteiger partial charge is 0.0623 e. The van der Waals surface area contributed by atoms with E-state index in [1.54, 1.807) is 0 Å². The molecule has 0 spiro atoms. The molecule has 0 aliphatic carbocycles. The predicted molar refractivity (Wildman–Crippen MR) is 43.7 cm³/mol. The van der Waals surface area contributed by atoms with Crippen molar-refractivity contribution in [1.82, 2.24) is 5.32 Å². The molecule has 10 heavy (non-hydrogen) atoms. The average Bonchev–Trinajstić information content (AvgIpc) is 1.96. The fourth-order valence-electron chi connectivity index (χ4n) is 0.995. The molecule has 2 N–H and O–H groups in total. The zero-order chi connectivity index (χ0) is 7.61. The number of aliphatic hydroxyl groups excluding tert-OH is 1. The monoisotopic (exact) mass is 203 g/mol. The summed E-state index contributed by atoms with van der Waals surface area (Å²) in [6, 6.07) is 0. The van der Waals surface area contributed by atoms with Gasteiger partial charge in [0.15, 0.2) is 0 Å².